The summed E-state index contributed by atoms with van der Waals surface area (Å²) in [6.07, 6.45) is 4.38. The van der Waals surface area contributed by atoms with Crippen LogP contribution in [0.4, 0.5) is 5.69 Å². The number of para-hydroxylation sites is 1. The van der Waals surface area contributed by atoms with E-state index >= 15 is 0 Å². The van der Waals surface area contributed by atoms with Gasteiger partial charge < -0.3 is 16.0 Å². The second-order valence-corrected chi connectivity index (χ2v) is 8.03. The number of hydrogen-bond donors (Lipinski definition) is 3. The zero-order valence-electron chi connectivity index (χ0n) is 15.1. The van der Waals surface area contributed by atoms with Crippen molar-refractivity contribution in [2.24, 2.45) is 5.41 Å². The SMILES string of the molecule is CC(C)(C)C(=O)Nc1ccccc1C(=O)NC1CC2CCC(C1)N2.Cl. The Bertz CT molecular complexity index is 630. The molecule has 2 aliphatic heterocycles. The Balaban J connectivity index is 0.00000225. The van der Waals surface area contributed by atoms with Crippen molar-refractivity contribution < 1.29 is 9.59 Å². The number of hydrogen-bond acceptors (Lipinski definition) is 3. The van der Waals surface area contributed by atoms with Gasteiger partial charge in [0.15, 0.2) is 0 Å². The zero-order chi connectivity index (χ0) is 17.3. The smallest absolute Gasteiger partial charge is 0.253 e. The summed E-state index contributed by atoms with van der Waals surface area (Å²) in [7, 11) is 0. The van der Waals surface area contributed by atoms with Gasteiger partial charge in [-0.05, 0) is 37.8 Å². The molecule has 0 radical (unpaired) electrons. The molecule has 2 amide bonds. The van der Waals surface area contributed by atoms with Gasteiger partial charge in [-0.1, -0.05) is 32.9 Å². The first-order valence-electron chi connectivity index (χ1n) is 8.80. The number of rotatable bonds is 3. The molecule has 6 heteroatoms. The van der Waals surface area contributed by atoms with Gasteiger partial charge in [-0.2, -0.15) is 0 Å². The average Bonchev–Trinajstić information content (AvgIpc) is 2.85. The van der Waals surface area contributed by atoms with Crippen molar-refractivity contribution in [1.29, 1.82) is 0 Å². The molecular formula is C19H28ClN3O2. The molecule has 0 aromatic heterocycles. The van der Waals surface area contributed by atoms with Crippen molar-refractivity contribution in [1.82, 2.24) is 10.6 Å². The van der Waals surface area contributed by atoms with Crippen LogP contribution in [-0.2, 0) is 4.79 Å². The standard InChI is InChI=1S/C19H27N3O2.ClH/c1-19(2,3)18(24)22-16-7-5-4-6-15(16)17(23)21-14-10-12-8-9-13(11-14)20-12;/h4-7,12-14,20H,8-11H2,1-3H3,(H,21,23)(H,22,24);1H. The lowest BCUT2D eigenvalue weighted by molar-refractivity contribution is -0.123. The van der Waals surface area contributed by atoms with Gasteiger partial charge in [-0.25, -0.2) is 0 Å². The summed E-state index contributed by atoms with van der Waals surface area (Å²) in [5.74, 6) is -0.200. The number of halogens is 1. The minimum Gasteiger partial charge on any atom is -0.349 e. The monoisotopic (exact) mass is 365 g/mol. The molecule has 2 atom stereocenters. The van der Waals surface area contributed by atoms with E-state index in [2.05, 4.69) is 16.0 Å². The number of piperidine rings is 1. The fraction of sp³-hybridized carbons (Fsp3) is 0.579. The maximum Gasteiger partial charge on any atom is 0.253 e. The van der Waals surface area contributed by atoms with Crippen LogP contribution >= 0.6 is 12.4 Å². The van der Waals surface area contributed by atoms with Gasteiger partial charge in [0.25, 0.3) is 5.91 Å². The topological polar surface area (TPSA) is 70.2 Å². The Morgan fingerprint density at radius 1 is 1.08 bits per heavy atom. The van der Waals surface area contributed by atoms with Crippen LogP contribution in [0.3, 0.4) is 0 Å². The van der Waals surface area contributed by atoms with E-state index in [9.17, 15) is 9.59 Å². The van der Waals surface area contributed by atoms with Crippen molar-refractivity contribution >= 4 is 29.9 Å². The van der Waals surface area contributed by atoms with E-state index in [-0.39, 0.29) is 30.3 Å². The highest BCUT2D eigenvalue weighted by molar-refractivity contribution is 6.04. The Kier molecular flexibility index (Phi) is 6.12. The summed E-state index contributed by atoms with van der Waals surface area (Å²) < 4.78 is 0. The van der Waals surface area contributed by atoms with Gasteiger partial charge in [-0.3, -0.25) is 9.59 Å². The van der Waals surface area contributed by atoms with Crippen LogP contribution in [0.2, 0.25) is 0 Å². The highest BCUT2D eigenvalue weighted by Gasteiger charge is 2.34. The zero-order valence-corrected chi connectivity index (χ0v) is 15.9. The largest absolute Gasteiger partial charge is 0.349 e. The molecular weight excluding hydrogens is 338 g/mol. The molecule has 2 heterocycles. The number of carbonyl (C=O) groups is 2. The molecule has 2 fully saturated rings. The number of carbonyl (C=O) groups excluding carboxylic acids is 2. The first kappa shape index (κ1) is 19.7. The van der Waals surface area contributed by atoms with Crippen molar-refractivity contribution in [2.45, 2.75) is 64.6 Å². The van der Waals surface area contributed by atoms with E-state index in [1.165, 1.54) is 12.8 Å². The van der Waals surface area contributed by atoms with Gasteiger partial charge >= 0.3 is 0 Å². The maximum atomic E-state index is 12.7. The predicted molar refractivity (Wildman–Crippen MR) is 102 cm³/mol. The number of amides is 2. The maximum absolute atomic E-state index is 12.7. The van der Waals surface area contributed by atoms with Crippen molar-refractivity contribution in [3.63, 3.8) is 0 Å². The summed E-state index contributed by atoms with van der Waals surface area (Å²) in [5.41, 5.74) is 0.602. The molecule has 0 saturated carbocycles. The molecule has 1 aromatic carbocycles. The Labute approximate surface area is 155 Å². The van der Waals surface area contributed by atoms with Gasteiger partial charge in [0.2, 0.25) is 5.91 Å². The average molecular weight is 366 g/mol. The highest BCUT2D eigenvalue weighted by Crippen LogP contribution is 2.27. The summed E-state index contributed by atoms with van der Waals surface area (Å²) in [5, 5.41) is 9.62. The van der Waals surface area contributed by atoms with E-state index in [1.807, 2.05) is 32.9 Å². The number of benzene rings is 1. The molecule has 25 heavy (non-hydrogen) atoms. The number of anilines is 1. The molecule has 2 aliphatic rings. The minimum atomic E-state index is -0.502. The third-order valence-corrected chi connectivity index (χ3v) is 4.91. The fourth-order valence-corrected chi connectivity index (χ4v) is 3.54. The molecule has 1 aromatic rings. The van der Waals surface area contributed by atoms with Crippen LogP contribution in [0, 0.1) is 5.41 Å². The van der Waals surface area contributed by atoms with Gasteiger partial charge in [0.05, 0.1) is 11.3 Å². The van der Waals surface area contributed by atoms with Gasteiger partial charge in [-0.15, -0.1) is 12.4 Å². The van der Waals surface area contributed by atoms with Crippen LogP contribution in [0.1, 0.15) is 56.8 Å². The minimum absolute atomic E-state index is 0. The molecule has 2 saturated heterocycles. The quantitative estimate of drug-likeness (QED) is 0.770. The second kappa shape index (κ2) is 7.75. The third kappa shape index (κ3) is 4.73. The number of fused-ring (bicyclic) bond motifs is 2. The van der Waals surface area contributed by atoms with Crippen molar-refractivity contribution in [2.75, 3.05) is 5.32 Å². The lowest BCUT2D eigenvalue weighted by Gasteiger charge is -2.30. The Morgan fingerprint density at radius 3 is 2.28 bits per heavy atom. The van der Waals surface area contributed by atoms with Crippen LogP contribution in [0.5, 0.6) is 0 Å². The normalized spacial score (nSPS) is 25.0. The molecule has 2 unspecified atom stereocenters. The van der Waals surface area contributed by atoms with Crippen LogP contribution in [0.25, 0.3) is 0 Å². The van der Waals surface area contributed by atoms with E-state index in [4.69, 9.17) is 0 Å². The molecule has 0 spiro atoms. The van der Waals surface area contributed by atoms with Crippen molar-refractivity contribution in [3.05, 3.63) is 29.8 Å². The van der Waals surface area contributed by atoms with E-state index < -0.39 is 5.41 Å². The lowest BCUT2D eigenvalue weighted by Crippen LogP contribution is -2.48. The molecule has 0 aliphatic carbocycles. The van der Waals surface area contributed by atoms with Crippen LogP contribution in [-0.4, -0.2) is 29.9 Å². The molecule has 3 N–H and O–H groups in total. The molecule has 5 nitrogen and oxygen atoms in total. The lowest BCUT2D eigenvalue weighted by atomic mass is 9.95. The first-order chi connectivity index (χ1) is 11.3. The van der Waals surface area contributed by atoms with E-state index in [0.717, 1.165) is 12.8 Å². The summed E-state index contributed by atoms with van der Waals surface area (Å²) in [6.45, 7) is 5.57. The summed E-state index contributed by atoms with van der Waals surface area (Å²) in [6, 6.07) is 8.49. The summed E-state index contributed by atoms with van der Waals surface area (Å²) in [4.78, 5) is 25.0. The van der Waals surface area contributed by atoms with E-state index in [0.29, 0.717) is 23.3 Å². The Morgan fingerprint density at radius 2 is 1.68 bits per heavy atom. The Hall–Kier alpha value is -1.59. The first-order valence-corrected chi connectivity index (χ1v) is 8.80. The fourth-order valence-electron chi connectivity index (χ4n) is 3.54. The molecule has 3 rings (SSSR count). The molecule has 138 valence electrons. The highest BCUT2D eigenvalue weighted by atomic mass is 35.5. The third-order valence-electron chi connectivity index (χ3n) is 4.91. The number of nitrogens with one attached hydrogen (secondary N) is 3. The summed E-state index contributed by atoms with van der Waals surface area (Å²) >= 11 is 0. The van der Waals surface area contributed by atoms with Crippen LogP contribution < -0.4 is 16.0 Å². The molecule has 2 bridgehead atoms. The van der Waals surface area contributed by atoms with Crippen molar-refractivity contribution in [3.8, 4) is 0 Å². The second-order valence-electron chi connectivity index (χ2n) is 8.03. The van der Waals surface area contributed by atoms with Gasteiger partial charge in [0, 0.05) is 23.5 Å². The van der Waals surface area contributed by atoms with E-state index in [1.54, 1.807) is 12.1 Å². The van der Waals surface area contributed by atoms with Gasteiger partial charge in [0.1, 0.15) is 0 Å². The predicted octanol–water partition coefficient (Wildman–Crippen LogP) is 3.11. The van der Waals surface area contributed by atoms with Crippen LogP contribution in [0.15, 0.2) is 24.3 Å².